The molecule has 0 amide bonds. The van der Waals surface area contributed by atoms with Crippen LogP contribution in [0.1, 0.15) is 19.8 Å². The van der Waals surface area contributed by atoms with Gasteiger partial charge in [0.2, 0.25) is 0 Å². The summed E-state index contributed by atoms with van der Waals surface area (Å²) in [4.78, 5) is 0. The molecule has 2 aliphatic carbocycles. The Hall–Kier alpha value is -2.14. The van der Waals surface area contributed by atoms with E-state index in [1.165, 1.54) is 5.57 Å². The second-order valence-electron chi connectivity index (χ2n) is 4.40. The second kappa shape index (κ2) is 5.46. The van der Waals surface area contributed by atoms with Crippen LogP contribution < -0.4 is 0 Å². The lowest BCUT2D eigenvalue weighted by molar-refractivity contribution is 0.752. The first-order valence-electron chi connectivity index (χ1n) is 6.21. The fourth-order valence-corrected chi connectivity index (χ4v) is 2.33. The molecule has 90 valence electrons. The number of rotatable bonds is 1. The lowest BCUT2D eigenvalue weighted by atomic mass is 9.79. The Kier molecular flexibility index (Phi) is 3.74. The van der Waals surface area contributed by atoms with Crippen molar-refractivity contribution in [1.29, 1.82) is 10.7 Å². The smallest absolute Gasteiger partial charge is 0.0988 e. The van der Waals surface area contributed by atoms with Gasteiger partial charge in [-0.15, -0.1) is 0 Å². The summed E-state index contributed by atoms with van der Waals surface area (Å²) < 4.78 is 0. The summed E-state index contributed by atoms with van der Waals surface area (Å²) >= 11 is 0. The van der Waals surface area contributed by atoms with E-state index in [1.807, 2.05) is 24.3 Å². The number of nitrogens with one attached hydrogen (secondary N) is 1. The first-order chi connectivity index (χ1) is 8.76. The quantitative estimate of drug-likeness (QED) is 0.738. The van der Waals surface area contributed by atoms with Crippen LogP contribution in [0.3, 0.4) is 0 Å². The topological polar surface area (TPSA) is 47.6 Å². The number of nitrogens with zero attached hydrogens (tertiary/aromatic N) is 1. The normalized spacial score (nSPS) is 28.3. The van der Waals surface area contributed by atoms with Crippen molar-refractivity contribution in [3.63, 3.8) is 0 Å². The Morgan fingerprint density at radius 3 is 2.94 bits per heavy atom. The molecule has 18 heavy (non-hydrogen) atoms. The fraction of sp³-hybridized carbons (Fsp3) is 0.250. The minimum absolute atomic E-state index is 0.218. The molecule has 2 aliphatic rings. The van der Waals surface area contributed by atoms with Gasteiger partial charge >= 0.3 is 0 Å². The summed E-state index contributed by atoms with van der Waals surface area (Å²) in [6, 6.07) is 2.17. The van der Waals surface area contributed by atoms with E-state index in [4.69, 9.17) is 10.7 Å². The van der Waals surface area contributed by atoms with Crippen LogP contribution in [0, 0.1) is 22.7 Å². The van der Waals surface area contributed by atoms with Gasteiger partial charge in [-0.25, -0.2) is 0 Å². The summed E-state index contributed by atoms with van der Waals surface area (Å²) in [5.74, 6) is 0.218. The van der Waals surface area contributed by atoms with E-state index in [-0.39, 0.29) is 5.92 Å². The Bertz CT molecular complexity index is 548. The van der Waals surface area contributed by atoms with E-state index in [1.54, 1.807) is 6.08 Å². The highest BCUT2D eigenvalue weighted by atomic mass is 14.4. The molecule has 0 saturated heterocycles. The van der Waals surface area contributed by atoms with Crippen LogP contribution in [-0.2, 0) is 0 Å². The third kappa shape index (κ3) is 2.41. The highest BCUT2D eigenvalue weighted by Gasteiger charge is 2.23. The van der Waals surface area contributed by atoms with Crippen molar-refractivity contribution in [2.24, 2.45) is 5.92 Å². The second-order valence-corrected chi connectivity index (χ2v) is 4.40. The van der Waals surface area contributed by atoms with E-state index in [0.717, 1.165) is 18.4 Å². The lowest BCUT2D eigenvalue weighted by Crippen LogP contribution is -2.16. The van der Waals surface area contributed by atoms with Crippen molar-refractivity contribution in [2.75, 3.05) is 0 Å². The van der Waals surface area contributed by atoms with Crippen molar-refractivity contribution in [1.82, 2.24) is 0 Å². The summed E-state index contributed by atoms with van der Waals surface area (Å²) in [6.45, 7) is 2.11. The molecule has 0 saturated carbocycles. The zero-order valence-electron chi connectivity index (χ0n) is 10.5. The van der Waals surface area contributed by atoms with Crippen LogP contribution >= 0.6 is 0 Å². The van der Waals surface area contributed by atoms with Gasteiger partial charge in [0.15, 0.2) is 0 Å². The fourth-order valence-electron chi connectivity index (χ4n) is 2.33. The van der Waals surface area contributed by atoms with Gasteiger partial charge in [0, 0.05) is 11.5 Å². The SMILES string of the molecule is CCC=C1/C=C\C=C/C(=N)C2=CC(C#N)=CCC12. The Morgan fingerprint density at radius 1 is 1.44 bits per heavy atom. The maximum atomic E-state index is 8.98. The standard InChI is InChI=1S/C16H16N2/c1-2-5-13-6-3-4-7-16(18)15-10-12(11-17)8-9-14(13)15/h3-8,10,14,18H,2,9H2,1H3/b6-3-,7-4-,13-5?,18-16?. The molecular formula is C16H16N2. The van der Waals surface area contributed by atoms with E-state index < -0.39 is 0 Å². The number of allylic oxidation sites excluding steroid dienone is 10. The monoisotopic (exact) mass is 236 g/mol. The minimum atomic E-state index is 0.218. The molecule has 0 fully saturated rings. The zero-order chi connectivity index (χ0) is 13.0. The number of hydrogen-bond acceptors (Lipinski definition) is 2. The van der Waals surface area contributed by atoms with Crippen LogP contribution in [-0.4, -0.2) is 5.71 Å². The molecule has 0 spiro atoms. The van der Waals surface area contributed by atoms with Crippen molar-refractivity contribution < 1.29 is 0 Å². The van der Waals surface area contributed by atoms with Gasteiger partial charge in [0.05, 0.1) is 11.8 Å². The first kappa shape index (κ1) is 12.3. The van der Waals surface area contributed by atoms with Gasteiger partial charge in [0.1, 0.15) is 0 Å². The van der Waals surface area contributed by atoms with E-state index in [2.05, 4.69) is 25.1 Å². The summed E-state index contributed by atoms with van der Waals surface area (Å²) in [5.41, 5.74) is 3.37. The van der Waals surface area contributed by atoms with E-state index >= 15 is 0 Å². The predicted molar refractivity (Wildman–Crippen MR) is 74.3 cm³/mol. The van der Waals surface area contributed by atoms with Gasteiger partial charge in [-0.1, -0.05) is 37.3 Å². The number of hydrogen-bond donors (Lipinski definition) is 1. The number of fused-ring (bicyclic) bond motifs is 1. The minimum Gasteiger partial charge on any atom is -0.301 e. The molecule has 0 bridgehead atoms. The molecule has 1 atom stereocenters. The molecule has 2 nitrogen and oxygen atoms in total. The van der Waals surface area contributed by atoms with Crippen LogP contribution in [0.15, 0.2) is 59.3 Å². The lowest BCUT2D eigenvalue weighted by Gasteiger charge is -2.24. The van der Waals surface area contributed by atoms with Crippen LogP contribution in [0.2, 0.25) is 0 Å². The Labute approximate surface area is 108 Å². The van der Waals surface area contributed by atoms with Gasteiger partial charge in [0.25, 0.3) is 0 Å². The maximum Gasteiger partial charge on any atom is 0.0988 e. The Balaban J connectivity index is 2.48. The van der Waals surface area contributed by atoms with Crippen molar-refractivity contribution in [2.45, 2.75) is 19.8 Å². The average molecular weight is 236 g/mol. The number of nitriles is 1. The van der Waals surface area contributed by atoms with Crippen molar-refractivity contribution in [3.8, 4) is 6.07 Å². The van der Waals surface area contributed by atoms with E-state index in [9.17, 15) is 0 Å². The highest BCUT2D eigenvalue weighted by Crippen LogP contribution is 2.33. The zero-order valence-corrected chi connectivity index (χ0v) is 10.5. The van der Waals surface area contributed by atoms with E-state index in [0.29, 0.717) is 11.3 Å². The summed E-state index contributed by atoms with van der Waals surface area (Å²) in [7, 11) is 0. The highest BCUT2D eigenvalue weighted by molar-refractivity contribution is 6.08. The largest absolute Gasteiger partial charge is 0.301 e. The predicted octanol–water partition coefficient (Wildman–Crippen LogP) is 3.86. The summed E-state index contributed by atoms with van der Waals surface area (Å²) in [5, 5.41) is 17.1. The molecule has 1 N–H and O–H groups in total. The van der Waals surface area contributed by atoms with Crippen LogP contribution in [0.4, 0.5) is 0 Å². The molecular weight excluding hydrogens is 220 g/mol. The first-order valence-corrected chi connectivity index (χ1v) is 6.21. The molecule has 0 heterocycles. The van der Waals surface area contributed by atoms with Gasteiger partial charge in [-0.2, -0.15) is 5.26 Å². The average Bonchev–Trinajstić information content (AvgIpc) is 2.39. The Morgan fingerprint density at radius 2 is 2.22 bits per heavy atom. The maximum absolute atomic E-state index is 8.98. The third-order valence-electron chi connectivity index (χ3n) is 3.20. The molecule has 1 unspecified atom stereocenters. The van der Waals surface area contributed by atoms with Crippen LogP contribution in [0.5, 0.6) is 0 Å². The van der Waals surface area contributed by atoms with Gasteiger partial charge < -0.3 is 5.41 Å². The molecule has 0 radical (unpaired) electrons. The van der Waals surface area contributed by atoms with Crippen molar-refractivity contribution in [3.05, 3.63) is 59.3 Å². The third-order valence-corrected chi connectivity index (χ3v) is 3.20. The van der Waals surface area contributed by atoms with Crippen molar-refractivity contribution >= 4 is 5.71 Å². The summed E-state index contributed by atoms with van der Waals surface area (Å²) in [6.07, 6.45) is 15.6. The molecule has 0 aliphatic heterocycles. The molecule has 2 heteroatoms. The molecule has 2 rings (SSSR count). The molecule has 0 aromatic heterocycles. The van der Waals surface area contributed by atoms with Gasteiger partial charge in [-0.05, 0) is 36.1 Å². The van der Waals surface area contributed by atoms with Gasteiger partial charge in [-0.3, -0.25) is 0 Å². The molecule has 0 aromatic rings. The molecule has 0 aromatic carbocycles. The van der Waals surface area contributed by atoms with Crippen LogP contribution in [0.25, 0.3) is 0 Å².